The van der Waals surface area contributed by atoms with Gasteiger partial charge in [0, 0.05) is 38.1 Å². The molecule has 0 aromatic rings. The average Bonchev–Trinajstić information content (AvgIpc) is 3.25. The van der Waals surface area contributed by atoms with Crippen molar-refractivity contribution in [1.29, 1.82) is 0 Å². The second kappa shape index (κ2) is 5.60. The molecule has 0 unspecified atom stereocenters. The maximum Gasteiger partial charge on any atom is 0.225 e. The third kappa shape index (κ3) is 2.87. The van der Waals surface area contributed by atoms with Gasteiger partial charge < -0.3 is 4.90 Å². The van der Waals surface area contributed by atoms with Gasteiger partial charge in [-0.25, -0.2) is 0 Å². The summed E-state index contributed by atoms with van der Waals surface area (Å²) in [7, 11) is 0. The van der Waals surface area contributed by atoms with E-state index >= 15 is 0 Å². The molecule has 0 aromatic heterocycles. The standard InChI is InChI=1S/C15H26N2O/c18-15(13-7-8-13)17-11-9-16(10-12-17)14-5-3-1-2-4-6-14/h13-14H,1-12H2. The lowest BCUT2D eigenvalue weighted by Gasteiger charge is -2.39. The number of hydrogen-bond acceptors (Lipinski definition) is 2. The molecule has 3 heteroatoms. The maximum absolute atomic E-state index is 12.0. The fourth-order valence-corrected chi connectivity index (χ4v) is 3.52. The first-order valence-corrected chi connectivity index (χ1v) is 7.87. The molecule has 0 atom stereocenters. The third-order valence-electron chi connectivity index (χ3n) is 4.89. The number of rotatable bonds is 2. The Hall–Kier alpha value is -0.570. The van der Waals surface area contributed by atoms with Crippen LogP contribution in [-0.2, 0) is 4.79 Å². The minimum absolute atomic E-state index is 0.398. The number of carbonyl (C=O) groups is 1. The van der Waals surface area contributed by atoms with Crippen molar-refractivity contribution in [2.45, 2.75) is 57.4 Å². The Bertz CT molecular complexity index is 285. The van der Waals surface area contributed by atoms with Crippen LogP contribution in [-0.4, -0.2) is 47.9 Å². The first-order valence-electron chi connectivity index (χ1n) is 7.87. The number of hydrogen-bond donors (Lipinski definition) is 0. The van der Waals surface area contributed by atoms with E-state index in [1.54, 1.807) is 0 Å². The zero-order chi connectivity index (χ0) is 12.4. The number of piperazine rings is 1. The van der Waals surface area contributed by atoms with Crippen molar-refractivity contribution in [3.05, 3.63) is 0 Å². The monoisotopic (exact) mass is 250 g/mol. The summed E-state index contributed by atoms with van der Waals surface area (Å²) < 4.78 is 0. The summed E-state index contributed by atoms with van der Waals surface area (Å²) in [6.07, 6.45) is 10.7. The zero-order valence-corrected chi connectivity index (χ0v) is 11.4. The van der Waals surface area contributed by atoms with Crippen LogP contribution in [0.25, 0.3) is 0 Å². The highest BCUT2D eigenvalue weighted by molar-refractivity contribution is 5.81. The molecule has 3 aliphatic rings. The summed E-state index contributed by atoms with van der Waals surface area (Å²) in [4.78, 5) is 16.8. The highest BCUT2D eigenvalue weighted by atomic mass is 16.2. The van der Waals surface area contributed by atoms with Gasteiger partial charge in [0.05, 0.1) is 0 Å². The molecule has 0 spiro atoms. The van der Waals surface area contributed by atoms with Gasteiger partial charge in [0.25, 0.3) is 0 Å². The summed E-state index contributed by atoms with van der Waals surface area (Å²) >= 11 is 0. The Kier molecular flexibility index (Phi) is 3.88. The van der Waals surface area contributed by atoms with Crippen molar-refractivity contribution in [2.75, 3.05) is 26.2 Å². The van der Waals surface area contributed by atoms with Crippen LogP contribution in [0, 0.1) is 5.92 Å². The highest BCUT2D eigenvalue weighted by Crippen LogP contribution is 2.31. The molecule has 18 heavy (non-hydrogen) atoms. The molecular formula is C15H26N2O. The maximum atomic E-state index is 12.0. The van der Waals surface area contributed by atoms with Gasteiger partial charge in [0.15, 0.2) is 0 Å². The molecular weight excluding hydrogens is 224 g/mol. The second-order valence-corrected chi connectivity index (χ2v) is 6.28. The normalized spacial score (nSPS) is 28.1. The largest absolute Gasteiger partial charge is 0.340 e. The van der Waals surface area contributed by atoms with E-state index in [0.717, 1.165) is 45.1 Å². The van der Waals surface area contributed by atoms with Crippen molar-refractivity contribution >= 4 is 5.91 Å². The van der Waals surface area contributed by atoms with Gasteiger partial charge >= 0.3 is 0 Å². The van der Waals surface area contributed by atoms with E-state index in [-0.39, 0.29) is 0 Å². The van der Waals surface area contributed by atoms with Gasteiger partial charge in [-0.05, 0) is 25.7 Å². The van der Waals surface area contributed by atoms with Crippen molar-refractivity contribution in [2.24, 2.45) is 5.92 Å². The van der Waals surface area contributed by atoms with Gasteiger partial charge in [0.2, 0.25) is 5.91 Å². The lowest BCUT2D eigenvalue weighted by molar-refractivity contribution is -0.134. The van der Waals surface area contributed by atoms with Crippen LogP contribution in [0.2, 0.25) is 0 Å². The number of carbonyl (C=O) groups excluding carboxylic acids is 1. The molecule has 0 aromatic carbocycles. The first kappa shape index (κ1) is 12.5. The van der Waals surface area contributed by atoms with Crippen molar-refractivity contribution < 1.29 is 4.79 Å². The summed E-state index contributed by atoms with van der Waals surface area (Å²) in [6, 6.07) is 0.811. The van der Waals surface area contributed by atoms with Crippen LogP contribution < -0.4 is 0 Å². The zero-order valence-electron chi connectivity index (χ0n) is 11.4. The molecule has 2 saturated carbocycles. The van der Waals surface area contributed by atoms with Crippen LogP contribution in [0.15, 0.2) is 0 Å². The highest BCUT2D eigenvalue weighted by Gasteiger charge is 2.35. The summed E-state index contributed by atoms with van der Waals surface area (Å²) in [5.74, 6) is 0.838. The average molecular weight is 250 g/mol. The minimum atomic E-state index is 0.398. The molecule has 0 N–H and O–H groups in total. The Labute approximate surface area is 111 Å². The van der Waals surface area contributed by atoms with Crippen molar-refractivity contribution in [1.82, 2.24) is 9.80 Å². The summed E-state index contributed by atoms with van der Waals surface area (Å²) in [5, 5.41) is 0. The SMILES string of the molecule is O=C(C1CC1)N1CCN(C2CCCCCC2)CC1. The Morgan fingerprint density at radius 2 is 1.39 bits per heavy atom. The molecule has 1 saturated heterocycles. The summed E-state index contributed by atoms with van der Waals surface area (Å²) in [6.45, 7) is 4.18. The van der Waals surface area contributed by atoms with Crippen molar-refractivity contribution in [3.8, 4) is 0 Å². The fourth-order valence-electron chi connectivity index (χ4n) is 3.52. The van der Waals surface area contributed by atoms with Gasteiger partial charge in [0.1, 0.15) is 0 Å². The van der Waals surface area contributed by atoms with E-state index in [4.69, 9.17) is 0 Å². The molecule has 3 nitrogen and oxygen atoms in total. The van der Waals surface area contributed by atoms with E-state index in [2.05, 4.69) is 9.80 Å². The Morgan fingerprint density at radius 3 is 1.94 bits per heavy atom. The second-order valence-electron chi connectivity index (χ2n) is 6.28. The number of nitrogens with zero attached hydrogens (tertiary/aromatic N) is 2. The molecule has 0 bridgehead atoms. The molecule has 1 amide bonds. The van der Waals surface area contributed by atoms with E-state index in [0.29, 0.717) is 11.8 Å². The quantitative estimate of drug-likeness (QED) is 0.702. The molecule has 0 radical (unpaired) electrons. The van der Waals surface area contributed by atoms with Crippen molar-refractivity contribution in [3.63, 3.8) is 0 Å². The molecule has 2 aliphatic carbocycles. The van der Waals surface area contributed by atoms with Crippen LogP contribution >= 0.6 is 0 Å². The fraction of sp³-hybridized carbons (Fsp3) is 0.933. The molecule has 1 heterocycles. The first-order chi connectivity index (χ1) is 8.84. The van der Waals surface area contributed by atoms with E-state index in [9.17, 15) is 4.79 Å². The lowest BCUT2D eigenvalue weighted by Crippen LogP contribution is -2.52. The number of amides is 1. The van der Waals surface area contributed by atoms with Gasteiger partial charge in [-0.3, -0.25) is 9.69 Å². The minimum Gasteiger partial charge on any atom is -0.340 e. The molecule has 3 fully saturated rings. The van der Waals surface area contributed by atoms with E-state index in [1.807, 2.05) is 0 Å². The Morgan fingerprint density at radius 1 is 0.778 bits per heavy atom. The van der Waals surface area contributed by atoms with Gasteiger partial charge in [-0.15, -0.1) is 0 Å². The third-order valence-corrected chi connectivity index (χ3v) is 4.89. The van der Waals surface area contributed by atoms with E-state index in [1.165, 1.54) is 38.5 Å². The van der Waals surface area contributed by atoms with Crippen LogP contribution in [0.1, 0.15) is 51.4 Å². The molecule has 1 aliphatic heterocycles. The Balaban J connectivity index is 1.48. The van der Waals surface area contributed by atoms with Gasteiger partial charge in [-0.1, -0.05) is 25.7 Å². The smallest absolute Gasteiger partial charge is 0.225 e. The van der Waals surface area contributed by atoms with Crippen LogP contribution in [0.5, 0.6) is 0 Å². The lowest BCUT2D eigenvalue weighted by atomic mass is 10.1. The van der Waals surface area contributed by atoms with Crippen LogP contribution in [0.4, 0.5) is 0 Å². The van der Waals surface area contributed by atoms with Gasteiger partial charge in [-0.2, -0.15) is 0 Å². The topological polar surface area (TPSA) is 23.6 Å². The molecule has 3 rings (SSSR count). The summed E-state index contributed by atoms with van der Waals surface area (Å²) in [5.41, 5.74) is 0. The van der Waals surface area contributed by atoms with E-state index < -0.39 is 0 Å². The van der Waals surface area contributed by atoms with Crippen LogP contribution in [0.3, 0.4) is 0 Å². The predicted molar refractivity (Wildman–Crippen MR) is 72.4 cm³/mol. The molecule has 102 valence electrons. The predicted octanol–water partition coefficient (Wildman–Crippen LogP) is 2.26.